The molecule has 2 amide bonds. The molecule has 0 saturated heterocycles. The molecular weight excluding hydrogens is 276 g/mol. The van der Waals surface area contributed by atoms with Crippen molar-refractivity contribution in [3.8, 4) is 0 Å². The fourth-order valence-electron chi connectivity index (χ4n) is 2.24. The molecule has 0 saturated carbocycles. The molecule has 0 aliphatic carbocycles. The smallest absolute Gasteiger partial charge is 0.267 e. The SMILES string of the molecule is CC1=NN(C(=O)c2ccccc2)C(=O)/C1=C/c1ccccc1. The van der Waals surface area contributed by atoms with Crippen LogP contribution < -0.4 is 0 Å². The second kappa shape index (κ2) is 5.77. The Bertz CT molecular complexity index is 777. The van der Waals surface area contributed by atoms with Gasteiger partial charge in [0.25, 0.3) is 11.8 Å². The number of rotatable bonds is 2. The monoisotopic (exact) mass is 290 g/mol. The number of hydrazone groups is 1. The van der Waals surface area contributed by atoms with Gasteiger partial charge in [0, 0.05) is 5.56 Å². The van der Waals surface area contributed by atoms with Gasteiger partial charge in [-0.25, -0.2) is 0 Å². The van der Waals surface area contributed by atoms with Crippen LogP contribution >= 0.6 is 0 Å². The largest absolute Gasteiger partial charge is 0.283 e. The zero-order valence-electron chi connectivity index (χ0n) is 12.1. The predicted octanol–water partition coefficient (Wildman–Crippen LogP) is 3.13. The van der Waals surface area contributed by atoms with Crippen LogP contribution in [0.3, 0.4) is 0 Å². The van der Waals surface area contributed by atoms with Gasteiger partial charge in [0.05, 0.1) is 11.3 Å². The van der Waals surface area contributed by atoms with Crippen molar-refractivity contribution in [3.05, 3.63) is 77.4 Å². The Kier molecular flexibility index (Phi) is 3.66. The van der Waals surface area contributed by atoms with Gasteiger partial charge in [-0.3, -0.25) is 9.59 Å². The maximum absolute atomic E-state index is 12.5. The van der Waals surface area contributed by atoms with Crippen molar-refractivity contribution < 1.29 is 9.59 Å². The van der Waals surface area contributed by atoms with E-state index in [-0.39, 0.29) is 0 Å². The van der Waals surface area contributed by atoms with Crippen LogP contribution in [0.25, 0.3) is 6.08 Å². The average molecular weight is 290 g/mol. The Labute approximate surface area is 128 Å². The summed E-state index contributed by atoms with van der Waals surface area (Å²) in [6.07, 6.45) is 1.75. The molecule has 0 bridgehead atoms. The van der Waals surface area contributed by atoms with Crippen LogP contribution in [-0.4, -0.2) is 22.5 Å². The van der Waals surface area contributed by atoms with Crippen LogP contribution in [0.15, 0.2) is 71.3 Å². The molecule has 4 heteroatoms. The third-order valence-corrected chi connectivity index (χ3v) is 3.39. The number of hydrogen-bond donors (Lipinski definition) is 0. The van der Waals surface area contributed by atoms with Crippen molar-refractivity contribution in [1.29, 1.82) is 0 Å². The molecule has 1 aliphatic rings. The van der Waals surface area contributed by atoms with E-state index in [0.29, 0.717) is 16.8 Å². The Morgan fingerprint density at radius 3 is 2.23 bits per heavy atom. The van der Waals surface area contributed by atoms with E-state index in [4.69, 9.17) is 0 Å². The van der Waals surface area contributed by atoms with E-state index in [1.807, 2.05) is 36.4 Å². The highest BCUT2D eigenvalue weighted by Gasteiger charge is 2.32. The second-order valence-corrected chi connectivity index (χ2v) is 4.94. The van der Waals surface area contributed by atoms with Crippen LogP contribution in [0, 0.1) is 0 Å². The highest BCUT2D eigenvalue weighted by atomic mass is 16.2. The standard InChI is InChI=1S/C18H14N2O2/c1-13-16(12-14-8-4-2-5-9-14)18(22)20(19-13)17(21)15-10-6-3-7-11-15/h2-12H,1H3/b16-12+. The third kappa shape index (κ3) is 2.59. The Balaban J connectivity index is 1.91. The minimum atomic E-state index is -0.415. The molecule has 0 aromatic heterocycles. The average Bonchev–Trinajstić information content (AvgIpc) is 2.84. The zero-order chi connectivity index (χ0) is 15.5. The van der Waals surface area contributed by atoms with Gasteiger partial charge in [-0.05, 0) is 30.7 Å². The lowest BCUT2D eigenvalue weighted by Gasteiger charge is -2.09. The van der Waals surface area contributed by atoms with Gasteiger partial charge < -0.3 is 0 Å². The number of imide groups is 1. The Morgan fingerprint density at radius 1 is 1.00 bits per heavy atom. The fourth-order valence-corrected chi connectivity index (χ4v) is 2.24. The van der Waals surface area contributed by atoms with Crippen LogP contribution in [0.1, 0.15) is 22.8 Å². The summed E-state index contributed by atoms with van der Waals surface area (Å²) >= 11 is 0. The van der Waals surface area contributed by atoms with Crippen molar-refractivity contribution in [3.63, 3.8) is 0 Å². The molecular formula is C18H14N2O2. The molecule has 0 atom stereocenters. The summed E-state index contributed by atoms with van der Waals surface area (Å²) in [6, 6.07) is 18.2. The maximum atomic E-state index is 12.5. The first-order valence-corrected chi connectivity index (χ1v) is 6.93. The number of hydrogen-bond acceptors (Lipinski definition) is 3. The molecule has 1 aliphatic heterocycles. The van der Waals surface area contributed by atoms with Gasteiger partial charge in [-0.15, -0.1) is 0 Å². The third-order valence-electron chi connectivity index (χ3n) is 3.39. The summed E-state index contributed by atoms with van der Waals surface area (Å²) in [4.78, 5) is 24.8. The summed E-state index contributed by atoms with van der Waals surface area (Å²) in [5, 5.41) is 5.04. The molecule has 0 spiro atoms. The number of benzene rings is 2. The van der Waals surface area contributed by atoms with Crippen molar-refractivity contribution in [2.75, 3.05) is 0 Å². The minimum absolute atomic E-state index is 0.393. The quantitative estimate of drug-likeness (QED) is 0.630. The van der Waals surface area contributed by atoms with Crippen LogP contribution in [0.5, 0.6) is 0 Å². The van der Waals surface area contributed by atoms with Crippen molar-refractivity contribution in [2.45, 2.75) is 6.92 Å². The van der Waals surface area contributed by atoms with E-state index in [1.165, 1.54) is 0 Å². The molecule has 1 heterocycles. The minimum Gasteiger partial charge on any atom is -0.267 e. The van der Waals surface area contributed by atoms with Gasteiger partial charge in [0.1, 0.15) is 0 Å². The molecule has 3 rings (SSSR count). The first-order chi connectivity index (χ1) is 10.7. The predicted molar refractivity (Wildman–Crippen MR) is 85.1 cm³/mol. The van der Waals surface area contributed by atoms with Crippen LogP contribution in [0.2, 0.25) is 0 Å². The topological polar surface area (TPSA) is 49.7 Å². The molecule has 0 radical (unpaired) electrons. The van der Waals surface area contributed by atoms with Gasteiger partial charge in [0.15, 0.2) is 0 Å². The normalized spacial score (nSPS) is 16.0. The highest BCUT2D eigenvalue weighted by Crippen LogP contribution is 2.20. The molecule has 0 fully saturated rings. The lowest BCUT2D eigenvalue weighted by Crippen LogP contribution is -2.29. The van der Waals surface area contributed by atoms with Gasteiger partial charge >= 0.3 is 0 Å². The fraction of sp³-hybridized carbons (Fsp3) is 0.0556. The lowest BCUT2D eigenvalue weighted by atomic mass is 10.1. The lowest BCUT2D eigenvalue weighted by molar-refractivity contribution is -0.123. The number of carbonyl (C=O) groups excluding carboxylic acids is 2. The highest BCUT2D eigenvalue weighted by molar-refractivity contribution is 6.30. The van der Waals surface area contributed by atoms with Crippen molar-refractivity contribution in [2.24, 2.45) is 5.10 Å². The molecule has 2 aromatic carbocycles. The van der Waals surface area contributed by atoms with E-state index in [9.17, 15) is 9.59 Å². The molecule has 0 N–H and O–H groups in total. The number of amides is 2. The van der Waals surface area contributed by atoms with Gasteiger partial charge in [-0.1, -0.05) is 48.5 Å². The molecule has 4 nitrogen and oxygen atoms in total. The van der Waals surface area contributed by atoms with Gasteiger partial charge in [0.2, 0.25) is 0 Å². The number of carbonyl (C=O) groups is 2. The summed E-state index contributed by atoms with van der Waals surface area (Å²) in [5.74, 6) is -0.809. The van der Waals surface area contributed by atoms with E-state index in [0.717, 1.165) is 10.6 Å². The summed E-state index contributed by atoms with van der Waals surface area (Å²) < 4.78 is 0. The van der Waals surface area contributed by atoms with Crippen LogP contribution in [-0.2, 0) is 4.79 Å². The summed E-state index contributed by atoms with van der Waals surface area (Å²) in [6.45, 7) is 1.73. The Morgan fingerprint density at radius 2 is 1.59 bits per heavy atom. The first kappa shape index (κ1) is 13.9. The Hall–Kier alpha value is -3.01. The molecule has 22 heavy (non-hydrogen) atoms. The summed E-state index contributed by atoms with van der Waals surface area (Å²) in [7, 11) is 0. The van der Waals surface area contributed by atoms with Crippen molar-refractivity contribution >= 4 is 23.6 Å². The molecule has 2 aromatic rings. The molecule has 108 valence electrons. The number of nitrogens with zero attached hydrogens (tertiary/aromatic N) is 2. The summed E-state index contributed by atoms with van der Waals surface area (Å²) in [5.41, 5.74) is 2.32. The second-order valence-electron chi connectivity index (χ2n) is 4.94. The van der Waals surface area contributed by atoms with Crippen molar-refractivity contribution in [1.82, 2.24) is 5.01 Å². The first-order valence-electron chi connectivity index (χ1n) is 6.93. The van der Waals surface area contributed by atoms with Crippen LogP contribution in [0.4, 0.5) is 0 Å². The maximum Gasteiger partial charge on any atom is 0.283 e. The van der Waals surface area contributed by atoms with Gasteiger partial charge in [-0.2, -0.15) is 10.1 Å². The van der Waals surface area contributed by atoms with E-state index >= 15 is 0 Å². The van der Waals surface area contributed by atoms with E-state index in [1.54, 1.807) is 37.3 Å². The zero-order valence-corrected chi connectivity index (χ0v) is 12.1. The van der Waals surface area contributed by atoms with E-state index in [2.05, 4.69) is 5.10 Å². The molecule has 0 unspecified atom stereocenters. The van der Waals surface area contributed by atoms with E-state index < -0.39 is 11.8 Å².